The number of thiophene rings is 1. The SMILES string of the molecule is CC(C)(C)c1ccc2[cH-]c3ccc(C(C)(C)C)cc3c2c1.[C-]1=C(c2ccsc2)C=CC1.[Cl-].[Cl-].[Zr+2]=[C](c1ccccc1)c1ccccc1. The molecule has 0 N–H and O–H groups in total. The predicted octanol–water partition coefficient (Wildman–Crippen LogP) is 6.01. The van der Waals surface area contributed by atoms with Gasteiger partial charge in [-0.1, -0.05) is 94.8 Å². The van der Waals surface area contributed by atoms with E-state index in [1.807, 2.05) is 0 Å². The Hall–Kier alpha value is -2.74. The van der Waals surface area contributed by atoms with Crippen LogP contribution in [-0.4, -0.2) is 3.21 Å². The summed E-state index contributed by atoms with van der Waals surface area (Å²) in [6.07, 6.45) is 8.51. The van der Waals surface area contributed by atoms with Crippen LogP contribution in [0.4, 0.5) is 0 Å². The van der Waals surface area contributed by atoms with Gasteiger partial charge in [-0.05, 0) is 16.2 Å². The molecule has 0 saturated heterocycles. The minimum absolute atomic E-state index is 0. The molecule has 0 bridgehead atoms. The molecular formula is C43H42Cl2SZr-2. The van der Waals surface area contributed by atoms with Crippen molar-refractivity contribution in [2.45, 2.75) is 58.8 Å². The van der Waals surface area contributed by atoms with Gasteiger partial charge >= 0.3 is 99.2 Å². The number of hydrogen-bond acceptors (Lipinski definition) is 1. The molecule has 1 heterocycles. The normalized spacial score (nSPS) is 12.2. The molecule has 7 rings (SSSR count). The van der Waals surface area contributed by atoms with Crippen LogP contribution in [0.25, 0.3) is 27.1 Å². The van der Waals surface area contributed by atoms with Crippen molar-refractivity contribution in [1.82, 2.24) is 0 Å². The molecule has 1 aromatic heterocycles. The molecule has 0 saturated carbocycles. The molecule has 0 spiro atoms. The van der Waals surface area contributed by atoms with Gasteiger partial charge < -0.3 is 24.8 Å². The Balaban J connectivity index is 0.000000200. The van der Waals surface area contributed by atoms with Gasteiger partial charge in [-0.25, -0.2) is 0 Å². The molecule has 0 fully saturated rings. The van der Waals surface area contributed by atoms with Crippen LogP contribution in [0, 0.1) is 6.08 Å². The molecule has 0 aliphatic heterocycles. The van der Waals surface area contributed by atoms with Crippen LogP contribution in [0.15, 0.2) is 132 Å². The van der Waals surface area contributed by atoms with Crippen molar-refractivity contribution >= 4 is 41.7 Å². The Labute approximate surface area is 313 Å². The van der Waals surface area contributed by atoms with Gasteiger partial charge in [0.1, 0.15) is 0 Å². The second kappa shape index (κ2) is 17.1. The van der Waals surface area contributed by atoms with Crippen molar-refractivity contribution in [3.05, 3.63) is 166 Å². The van der Waals surface area contributed by atoms with E-state index in [1.54, 1.807) is 11.3 Å². The van der Waals surface area contributed by atoms with E-state index in [2.05, 4.69) is 180 Å². The third-order valence-electron chi connectivity index (χ3n) is 8.09. The summed E-state index contributed by atoms with van der Waals surface area (Å²) in [5, 5.41) is 9.73. The fourth-order valence-corrected chi connectivity index (χ4v) is 6.80. The van der Waals surface area contributed by atoms with Crippen LogP contribution in [0.2, 0.25) is 0 Å². The molecule has 6 aromatic rings. The first kappa shape index (κ1) is 38.7. The van der Waals surface area contributed by atoms with Gasteiger partial charge in [0.05, 0.1) is 0 Å². The van der Waals surface area contributed by atoms with Crippen molar-refractivity contribution < 1.29 is 49.0 Å². The van der Waals surface area contributed by atoms with E-state index < -0.39 is 0 Å². The van der Waals surface area contributed by atoms with E-state index in [1.165, 1.54) is 82.4 Å². The maximum absolute atomic E-state index is 3.27. The number of allylic oxidation sites excluding steroid dienone is 4. The summed E-state index contributed by atoms with van der Waals surface area (Å²) in [6, 6.07) is 39.4. The zero-order valence-corrected chi connectivity index (χ0v) is 32.9. The zero-order chi connectivity index (χ0) is 32.0. The predicted molar refractivity (Wildman–Crippen MR) is 195 cm³/mol. The molecule has 4 heteroatoms. The maximum atomic E-state index is 3.27. The topological polar surface area (TPSA) is 0 Å². The van der Waals surface area contributed by atoms with E-state index in [4.69, 9.17) is 0 Å². The first-order chi connectivity index (χ1) is 21.5. The van der Waals surface area contributed by atoms with Crippen molar-refractivity contribution in [2.75, 3.05) is 0 Å². The van der Waals surface area contributed by atoms with E-state index in [0.717, 1.165) is 6.42 Å². The number of halogens is 2. The summed E-state index contributed by atoms with van der Waals surface area (Å²) in [7, 11) is 0. The summed E-state index contributed by atoms with van der Waals surface area (Å²) in [4.78, 5) is 0. The Morgan fingerprint density at radius 3 is 1.55 bits per heavy atom. The molecule has 0 radical (unpaired) electrons. The van der Waals surface area contributed by atoms with E-state index in [0.29, 0.717) is 0 Å². The van der Waals surface area contributed by atoms with Crippen LogP contribution in [0.1, 0.15) is 75.8 Å². The van der Waals surface area contributed by atoms with Gasteiger partial charge in [-0.15, -0.1) is 51.4 Å². The fourth-order valence-electron chi connectivity index (χ4n) is 5.33. The number of fused-ring (bicyclic) bond motifs is 3. The second-order valence-electron chi connectivity index (χ2n) is 13.6. The van der Waals surface area contributed by atoms with E-state index in [-0.39, 0.29) is 35.6 Å². The van der Waals surface area contributed by atoms with Crippen molar-refractivity contribution in [2.24, 2.45) is 0 Å². The van der Waals surface area contributed by atoms with Crippen LogP contribution in [0.5, 0.6) is 0 Å². The molecule has 1 aliphatic rings. The van der Waals surface area contributed by atoms with Gasteiger partial charge in [0.25, 0.3) is 0 Å². The van der Waals surface area contributed by atoms with Crippen LogP contribution in [0.3, 0.4) is 0 Å². The average Bonchev–Trinajstić information content (AvgIpc) is 3.82. The molecule has 0 nitrogen and oxygen atoms in total. The quantitative estimate of drug-likeness (QED) is 0.195. The molecular weight excluding hydrogens is 711 g/mol. The number of benzene rings is 4. The number of rotatable bonds is 3. The van der Waals surface area contributed by atoms with Gasteiger partial charge in [0, 0.05) is 0 Å². The summed E-state index contributed by atoms with van der Waals surface area (Å²) in [6.45, 7) is 13.7. The second-order valence-corrected chi connectivity index (χ2v) is 15.6. The van der Waals surface area contributed by atoms with E-state index in [9.17, 15) is 0 Å². The van der Waals surface area contributed by atoms with E-state index >= 15 is 0 Å². The Kier molecular flexibility index (Phi) is 14.1. The summed E-state index contributed by atoms with van der Waals surface area (Å²) < 4.78 is 1.42. The van der Waals surface area contributed by atoms with Crippen LogP contribution < -0.4 is 24.8 Å². The molecule has 47 heavy (non-hydrogen) atoms. The molecule has 1 aliphatic carbocycles. The zero-order valence-electron chi connectivity index (χ0n) is 28.1. The third kappa shape index (κ3) is 10.1. The third-order valence-corrected chi connectivity index (χ3v) is 10.2. The molecule has 240 valence electrons. The Bertz CT molecular complexity index is 1820. The number of hydrogen-bond donors (Lipinski definition) is 0. The molecule has 0 atom stereocenters. The summed E-state index contributed by atoms with van der Waals surface area (Å²) in [5.41, 5.74) is 8.42. The Morgan fingerprint density at radius 2 is 1.17 bits per heavy atom. The van der Waals surface area contributed by atoms with Crippen molar-refractivity contribution in [3.63, 3.8) is 0 Å². The molecule has 0 unspecified atom stereocenters. The summed E-state index contributed by atoms with van der Waals surface area (Å²) in [5.74, 6) is 0. The van der Waals surface area contributed by atoms with Gasteiger partial charge in [0.2, 0.25) is 0 Å². The average molecular weight is 753 g/mol. The fraction of sp³-hybridized carbons (Fsp3) is 0.209. The Morgan fingerprint density at radius 1 is 0.681 bits per heavy atom. The van der Waals surface area contributed by atoms with Gasteiger partial charge in [-0.2, -0.15) is 29.1 Å². The monoisotopic (exact) mass is 750 g/mol. The van der Waals surface area contributed by atoms with Gasteiger partial charge in [0.15, 0.2) is 0 Å². The first-order valence-corrected chi connectivity index (χ1v) is 17.8. The van der Waals surface area contributed by atoms with Crippen LogP contribution >= 0.6 is 11.3 Å². The van der Waals surface area contributed by atoms with Crippen molar-refractivity contribution in [3.8, 4) is 0 Å². The molecule has 5 aromatic carbocycles. The van der Waals surface area contributed by atoms with Crippen LogP contribution in [-0.2, 0) is 35.1 Å². The van der Waals surface area contributed by atoms with Crippen molar-refractivity contribution in [1.29, 1.82) is 0 Å². The first-order valence-electron chi connectivity index (χ1n) is 15.6. The molecule has 0 amide bonds. The standard InChI is InChI=1S/C21H25.C13H10.C9H7S.2ClH.Zr/c1-20(2,3)16-9-7-14-11-15-8-10-17(21(4,5)6)13-19(15)18(14)12-16;1-3-7-12(8-4-1)11-13-9-5-2-6-10-13;1-2-4-8(3-1)9-5-6-10-7-9;;;/h7-13H,1-6H3;1-10H;1,3,5-7H,2H2;2*1H;/q-1;;-1;;;+2/p-2. The minimum atomic E-state index is 0. The van der Waals surface area contributed by atoms with Gasteiger partial charge in [-0.3, -0.25) is 0 Å². The summed E-state index contributed by atoms with van der Waals surface area (Å²) >= 11 is 3.19.